The molecule has 0 aliphatic carbocycles. The van der Waals surface area contributed by atoms with Crippen molar-refractivity contribution in [3.05, 3.63) is 65.5 Å². The summed E-state index contributed by atoms with van der Waals surface area (Å²) in [6.45, 7) is 15.7. The highest BCUT2D eigenvalue weighted by molar-refractivity contribution is 7.23. The maximum absolute atomic E-state index is 2.39. The molecule has 0 aliphatic rings. The molecule has 4 aromatic heterocycles. The van der Waals surface area contributed by atoms with E-state index in [2.05, 4.69) is 66.7 Å². The van der Waals surface area contributed by atoms with Crippen molar-refractivity contribution in [1.82, 2.24) is 0 Å². The first-order chi connectivity index (χ1) is 13.2. The molecule has 4 aromatic rings. The van der Waals surface area contributed by atoms with Crippen molar-refractivity contribution in [1.29, 1.82) is 0 Å². The summed E-state index contributed by atoms with van der Waals surface area (Å²) in [5.41, 5.74) is 7.24. The summed E-state index contributed by atoms with van der Waals surface area (Å²) in [5, 5.41) is 0. The fraction of sp³-hybridized carbons (Fsp3) is 0.333. The van der Waals surface area contributed by atoms with Gasteiger partial charge in [0, 0.05) is 45.4 Å². The van der Waals surface area contributed by atoms with Gasteiger partial charge in [0.25, 0.3) is 0 Å². The van der Waals surface area contributed by atoms with Gasteiger partial charge in [0.05, 0.1) is 0 Å². The van der Waals surface area contributed by atoms with Crippen molar-refractivity contribution in [2.45, 2.75) is 54.9 Å². The topological polar surface area (TPSA) is 0 Å². The van der Waals surface area contributed by atoms with Gasteiger partial charge < -0.3 is 0 Å². The molecule has 0 radical (unpaired) electrons. The fourth-order valence-corrected chi connectivity index (χ4v) is 8.08. The maximum atomic E-state index is 2.39. The van der Waals surface area contributed by atoms with Crippen LogP contribution in [0.3, 0.4) is 0 Å². The predicted molar refractivity (Wildman–Crippen MR) is 131 cm³/mol. The molecule has 0 aliphatic heterocycles. The minimum Gasteiger partial charge on any atom is -0.139 e. The zero-order valence-corrected chi connectivity index (χ0v) is 20.8. The third kappa shape index (κ3) is 3.56. The van der Waals surface area contributed by atoms with Crippen LogP contribution in [-0.2, 0) is 6.42 Å². The van der Waals surface area contributed by atoms with Crippen LogP contribution in [0.2, 0.25) is 0 Å². The van der Waals surface area contributed by atoms with E-state index in [4.69, 9.17) is 0 Å². The summed E-state index contributed by atoms with van der Waals surface area (Å²) < 4.78 is 0. The van der Waals surface area contributed by atoms with Crippen molar-refractivity contribution >= 4 is 45.3 Å². The Bertz CT molecular complexity index is 1120. The summed E-state index contributed by atoms with van der Waals surface area (Å²) in [7, 11) is 0. The van der Waals surface area contributed by atoms with E-state index >= 15 is 0 Å². The number of hydrogen-bond donors (Lipinski definition) is 0. The normalized spacial score (nSPS) is 11.5. The van der Waals surface area contributed by atoms with Gasteiger partial charge in [-0.3, -0.25) is 0 Å². The summed E-state index contributed by atoms with van der Waals surface area (Å²) in [6.07, 6.45) is 1.04. The van der Waals surface area contributed by atoms with Crippen LogP contribution >= 0.6 is 45.3 Å². The molecule has 0 aromatic carbocycles. The highest BCUT2D eigenvalue weighted by atomic mass is 32.1. The van der Waals surface area contributed by atoms with Crippen LogP contribution in [0.4, 0.5) is 0 Å². The van der Waals surface area contributed by atoms with Crippen molar-refractivity contribution in [2.24, 2.45) is 0 Å². The van der Waals surface area contributed by atoms with Gasteiger partial charge in [0.1, 0.15) is 0 Å². The van der Waals surface area contributed by atoms with Crippen LogP contribution in [0, 0.1) is 48.5 Å². The Morgan fingerprint density at radius 2 is 1.11 bits per heavy atom. The standard InChI is InChI=1S/C24H26S4/c1-12-8-21(25-16(12)5)22-10-14(3)20(28-22)11-19-15(4)18(7)27-24(19)23-9-13(2)17(6)26-23/h8-10H,11H2,1-7H3. The van der Waals surface area contributed by atoms with Gasteiger partial charge in [-0.1, -0.05) is 0 Å². The molecule has 0 amide bonds. The lowest BCUT2D eigenvalue weighted by molar-refractivity contribution is 1.19. The van der Waals surface area contributed by atoms with Crippen LogP contribution in [0.15, 0.2) is 18.2 Å². The molecule has 0 spiro atoms. The monoisotopic (exact) mass is 442 g/mol. The van der Waals surface area contributed by atoms with Crippen LogP contribution < -0.4 is 0 Å². The van der Waals surface area contributed by atoms with Crippen molar-refractivity contribution < 1.29 is 0 Å². The van der Waals surface area contributed by atoms with E-state index in [9.17, 15) is 0 Å². The highest BCUT2D eigenvalue weighted by Gasteiger charge is 2.19. The van der Waals surface area contributed by atoms with Crippen molar-refractivity contribution in [2.75, 3.05) is 0 Å². The number of thiophene rings is 4. The third-order valence-corrected chi connectivity index (χ3v) is 10.8. The van der Waals surface area contributed by atoms with Crippen LogP contribution in [0.25, 0.3) is 19.5 Å². The third-order valence-electron chi connectivity index (χ3n) is 5.67. The van der Waals surface area contributed by atoms with E-state index in [0.717, 1.165) is 6.42 Å². The summed E-state index contributed by atoms with van der Waals surface area (Å²) >= 11 is 7.81. The van der Waals surface area contributed by atoms with Gasteiger partial charge in [0.2, 0.25) is 0 Å². The molecule has 0 N–H and O–H groups in total. The zero-order valence-electron chi connectivity index (χ0n) is 17.6. The van der Waals surface area contributed by atoms with E-state index in [-0.39, 0.29) is 0 Å². The molecule has 0 saturated carbocycles. The number of aryl methyl sites for hydroxylation is 6. The molecule has 146 valence electrons. The van der Waals surface area contributed by atoms with Crippen molar-refractivity contribution in [3.63, 3.8) is 0 Å². The molecular formula is C24H26S4. The lowest BCUT2D eigenvalue weighted by Gasteiger charge is -2.04. The Morgan fingerprint density at radius 1 is 0.571 bits per heavy atom. The first-order valence-electron chi connectivity index (χ1n) is 9.57. The molecule has 4 heterocycles. The van der Waals surface area contributed by atoms with Gasteiger partial charge in [-0.25, -0.2) is 0 Å². The predicted octanol–water partition coefficient (Wildman–Crippen LogP) is 9.02. The van der Waals surface area contributed by atoms with E-state index in [1.807, 2.05) is 45.3 Å². The first kappa shape index (κ1) is 20.1. The molecule has 0 fully saturated rings. The average molecular weight is 443 g/mol. The number of hydrogen-bond acceptors (Lipinski definition) is 4. The molecule has 0 bridgehead atoms. The maximum Gasteiger partial charge on any atom is 0.0483 e. The second-order valence-electron chi connectivity index (χ2n) is 7.68. The summed E-state index contributed by atoms with van der Waals surface area (Å²) in [5.74, 6) is 0. The minimum absolute atomic E-state index is 1.04. The van der Waals surface area contributed by atoms with Gasteiger partial charge in [-0.2, -0.15) is 0 Å². The molecule has 0 saturated heterocycles. The molecule has 4 heteroatoms. The Morgan fingerprint density at radius 3 is 1.68 bits per heavy atom. The van der Waals surface area contributed by atoms with E-state index in [1.54, 1.807) is 0 Å². The largest absolute Gasteiger partial charge is 0.139 e. The molecule has 28 heavy (non-hydrogen) atoms. The summed E-state index contributed by atoms with van der Waals surface area (Å²) in [6, 6.07) is 7.11. The molecular weight excluding hydrogens is 417 g/mol. The van der Waals surface area contributed by atoms with E-state index in [1.165, 1.54) is 66.8 Å². The zero-order chi connectivity index (χ0) is 20.2. The Labute approximate surface area is 184 Å². The smallest absolute Gasteiger partial charge is 0.0483 e. The lowest BCUT2D eigenvalue weighted by atomic mass is 10.0. The van der Waals surface area contributed by atoms with Gasteiger partial charge >= 0.3 is 0 Å². The highest BCUT2D eigenvalue weighted by Crippen LogP contribution is 2.44. The lowest BCUT2D eigenvalue weighted by Crippen LogP contribution is -1.90. The van der Waals surface area contributed by atoms with Crippen LogP contribution in [-0.4, -0.2) is 0 Å². The second kappa shape index (κ2) is 7.56. The van der Waals surface area contributed by atoms with E-state index < -0.39 is 0 Å². The summed E-state index contributed by atoms with van der Waals surface area (Å²) in [4.78, 5) is 11.6. The number of rotatable bonds is 4. The Kier molecular flexibility index (Phi) is 5.43. The Balaban J connectivity index is 1.74. The van der Waals surface area contributed by atoms with E-state index in [0.29, 0.717) is 0 Å². The average Bonchev–Trinajstić information content (AvgIpc) is 3.34. The second-order valence-corrected chi connectivity index (χ2v) is 12.6. The molecule has 4 rings (SSSR count). The SMILES string of the molecule is Cc1cc(-c2cc(C)c(Cc3c(-c4cc(C)c(C)s4)sc(C)c3C)s2)sc1C. The Hall–Kier alpha value is -1.20. The van der Waals surface area contributed by atoms with Crippen molar-refractivity contribution in [3.8, 4) is 19.5 Å². The molecule has 0 unspecified atom stereocenters. The van der Waals surface area contributed by atoms with Crippen LogP contribution in [0.5, 0.6) is 0 Å². The fourth-order valence-electron chi connectivity index (χ4n) is 3.44. The quantitative estimate of drug-likeness (QED) is 0.296. The van der Waals surface area contributed by atoms with Gasteiger partial charge in [-0.15, -0.1) is 45.3 Å². The van der Waals surface area contributed by atoms with Gasteiger partial charge in [0.15, 0.2) is 0 Å². The van der Waals surface area contributed by atoms with Gasteiger partial charge in [-0.05, 0) is 94.5 Å². The molecule has 0 nitrogen and oxygen atoms in total. The van der Waals surface area contributed by atoms with Crippen LogP contribution in [0.1, 0.15) is 47.3 Å². The minimum atomic E-state index is 1.04. The first-order valence-corrected chi connectivity index (χ1v) is 12.8. The molecule has 0 atom stereocenters.